The van der Waals surface area contributed by atoms with Crippen LogP contribution >= 0.6 is 0 Å². The fourth-order valence-corrected chi connectivity index (χ4v) is 2.82. The van der Waals surface area contributed by atoms with Crippen molar-refractivity contribution in [3.8, 4) is 0 Å². The SMILES string of the molecule is CC1CCC(C)N(CCC(CO)NC2CC2)C1. The molecule has 0 bridgehead atoms. The molecule has 3 heteroatoms. The summed E-state index contributed by atoms with van der Waals surface area (Å²) < 4.78 is 0. The second-order valence-corrected chi connectivity index (χ2v) is 6.14. The first kappa shape index (κ1) is 13.3. The van der Waals surface area contributed by atoms with Crippen LogP contribution in [0.5, 0.6) is 0 Å². The van der Waals surface area contributed by atoms with Crippen molar-refractivity contribution in [1.29, 1.82) is 0 Å². The molecule has 1 aliphatic carbocycles. The van der Waals surface area contributed by atoms with Crippen molar-refractivity contribution in [3.63, 3.8) is 0 Å². The molecule has 0 spiro atoms. The molecule has 2 aliphatic rings. The van der Waals surface area contributed by atoms with Crippen LogP contribution in [0.25, 0.3) is 0 Å². The summed E-state index contributed by atoms with van der Waals surface area (Å²) >= 11 is 0. The number of aliphatic hydroxyl groups is 1. The molecule has 3 nitrogen and oxygen atoms in total. The number of nitrogens with one attached hydrogen (secondary N) is 1. The molecule has 1 saturated carbocycles. The topological polar surface area (TPSA) is 35.5 Å². The molecule has 1 saturated heterocycles. The van der Waals surface area contributed by atoms with E-state index in [1.54, 1.807) is 0 Å². The van der Waals surface area contributed by atoms with Crippen molar-refractivity contribution in [2.75, 3.05) is 19.7 Å². The van der Waals surface area contributed by atoms with Crippen LogP contribution in [0.1, 0.15) is 46.0 Å². The predicted molar refractivity (Wildman–Crippen MR) is 71.1 cm³/mol. The monoisotopic (exact) mass is 240 g/mol. The Kier molecular flexibility index (Phi) is 4.83. The molecule has 17 heavy (non-hydrogen) atoms. The standard InChI is InChI=1S/C14H28N2O/c1-11-3-4-12(2)16(9-11)8-7-14(10-17)15-13-5-6-13/h11-15,17H,3-10H2,1-2H3. The maximum atomic E-state index is 9.37. The van der Waals surface area contributed by atoms with Crippen LogP contribution in [-0.4, -0.2) is 47.8 Å². The summed E-state index contributed by atoms with van der Waals surface area (Å²) in [5.41, 5.74) is 0. The third kappa shape index (κ3) is 4.23. The van der Waals surface area contributed by atoms with Crippen LogP contribution in [0.3, 0.4) is 0 Å². The van der Waals surface area contributed by atoms with Crippen molar-refractivity contribution >= 4 is 0 Å². The largest absolute Gasteiger partial charge is 0.395 e. The third-order valence-corrected chi connectivity index (χ3v) is 4.28. The maximum absolute atomic E-state index is 9.37. The number of piperidine rings is 1. The van der Waals surface area contributed by atoms with Crippen LogP contribution in [-0.2, 0) is 0 Å². The molecule has 0 aromatic rings. The van der Waals surface area contributed by atoms with Crippen LogP contribution in [0.2, 0.25) is 0 Å². The van der Waals surface area contributed by atoms with Crippen molar-refractivity contribution in [2.45, 2.75) is 64.1 Å². The molecule has 2 rings (SSSR count). The summed E-state index contributed by atoms with van der Waals surface area (Å²) in [6.07, 6.45) is 6.40. The van der Waals surface area contributed by atoms with E-state index < -0.39 is 0 Å². The Bertz CT molecular complexity index is 230. The number of rotatable bonds is 6. The first-order valence-electron chi connectivity index (χ1n) is 7.30. The van der Waals surface area contributed by atoms with Crippen LogP contribution in [0, 0.1) is 5.92 Å². The van der Waals surface area contributed by atoms with E-state index in [-0.39, 0.29) is 6.61 Å². The molecule has 0 radical (unpaired) electrons. The van der Waals surface area contributed by atoms with Gasteiger partial charge in [0.05, 0.1) is 6.61 Å². The fourth-order valence-electron chi connectivity index (χ4n) is 2.82. The lowest BCUT2D eigenvalue weighted by atomic mass is 9.94. The Hall–Kier alpha value is -0.120. The van der Waals surface area contributed by atoms with Gasteiger partial charge in [0.15, 0.2) is 0 Å². The lowest BCUT2D eigenvalue weighted by molar-refractivity contribution is 0.113. The summed E-state index contributed by atoms with van der Waals surface area (Å²) in [6, 6.07) is 1.74. The normalized spacial score (nSPS) is 32.6. The highest BCUT2D eigenvalue weighted by Crippen LogP contribution is 2.23. The van der Waals surface area contributed by atoms with Gasteiger partial charge in [0.25, 0.3) is 0 Å². The van der Waals surface area contributed by atoms with Crippen LogP contribution in [0.4, 0.5) is 0 Å². The minimum atomic E-state index is 0.286. The van der Waals surface area contributed by atoms with Gasteiger partial charge in [-0.3, -0.25) is 0 Å². The summed E-state index contributed by atoms with van der Waals surface area (Å²) in [4.78, 5) is 2.60. The van der Waals surface area contributed by atoms with Gasteiger partial charge in [0, 0.05) is 24.7 Å². The summed E-state index contributed by atoms with van der Waals surface area (Å²) in [5.74, 6) is 0.843. The first-order valence-corrected chi connectivity index (χ1v) is 7.30. The van der Waals surface area contributed by atoms with Gasteiger partial charge in [-0.2, -0.15) is 0 Å². The molecule has 1 aliphatic heterocycles. The van der Waals surface area contributed by atoms with Crippen LogP contribution in [0.15, 0.2) is 0 Å². The van der Waals surface area contributed by atoms with Gasteiger partial charge in [0.2, 0.25) is 0 Å². The highest BCUT2D eigenvalue weighted by Gasteiger charge is 2.26. The average molecular weight is 240 g/mol. The van der Waals surface area contributed by atoms with E-state index >= 15 is 0 Å². The Morgan fingerprint density at radius 1 is 1.24 bits per heavy atom. The van der Waals surface area contributed by atoms with E-state index in [0.717, 1.165) is 24.9 Å². The molecular weight excluding hydrogens is 212 g/mol. The zero-order valence-corrected chi connectivity index (χ0v) is 11.4. The summed E-state index contributed by atoms with van der Waals surface area (Å²) in [7, 11) is 0. The maximum Gasteiger partial charge on any atom is 0.0585 e. The van der Waals surface area contributed by atoms with Gasteiger partial charge in [-0.15, -0.1) is 0 Å². The molecule has 3 unspecified atom stereocenters. The summed E-state index contributed by atoms with van der Waals surface area (Å²) in [6.45, 7) is 7.35. The number of likely N-dealkylation sites (tertiary alicyclic amines) is 1. The smallest absolute Gasteiger partial charge is 0.0585 e. The van der Waals surface area contributed by atoms with Gasteiger partial charge in [-0.1, -0.05) is 6.92 Å². The molecule has 1 heterocycles. The molecule has 2 fully saturated rings. The predicted octanol–water partition coefficient (Wildman–Crippen LogP) is 1.61. The van der Waals surface area contributed by atoms with E-state index in [0.29, 0.717) is 12.1 Å². The lowest BCUT2D eigenvalue weighted by Crippen LogP contribution is -2.44. The molecule has 2 N–H and O–H groups in total. The Labute approximate surface area is 106 Å². The van der Waals surface area contributed by atoms with Crippen molar-refractivity contribution in [2.24, 2.45) is 5.92 Å². The Balaban J connectivity index is 1.70. The van der Waals surface area contributed by atoms with Crippen molar-refractivity contribution in [1.82, 2.24) is 10.2 Å². The van der Waals surface area contributed by atoms with E-state index in [9.17, 15) is 5.11 Å². The number of nitrogens with zero attached hydrogens (tertiary/aromatic N) is 1. The van der Waals surface area contributed by atoms with Gasteiger partial charge >= 0.3 is 0 Å². The average Bonchev–Trinajstić information content (AvgIpc) is 3.12. The van der Waals surface area contributed by atoms with E-state index in [2.05, 4.69) is 24.1 Å². The second-order valence-electron chi connectivity index (χ2n) is 6.14. The highest BCUT2D eigenvalue weighted by atomic mass is 16.3. The van der Waals surface area contributed by atoms with Crippen molar-refractivity contribution < 1.29 is 5.11 Å². The van der Waals surface area contributed by atoms with Crippen molar-refractivity contribution in [3.05, 3.63) is 0 Å². The minimum Gasteiger partial charge on any atom is -0.395 e. The van der Waals surface area contributed by atoms with E-state index in [1.165, 1.54) is 32.2 Å². The molecule has 3 atom stereocenters. The Morgan fingerprint density at radius 2 is 2.00 bits per heavy atom. The molecule has 100 valence electrons. The quantitative estimate of drug-likeness (QED) is 0.740. The zero-order chi connectivity index (χ0) is 12.3. The number of hydrogen-bond donors (Lipinski definition) is 2. The number of aliphatic hydroxyl groups excluding tert-OH is 1. The minimum absolute atomic E-state index is 0.286. The zero-order valence-electron chi connectivity index (χ0n) is 11.4. The first-order chi connectivity index (χ1) is 8.19. The van der Waals surface area contributed by atoms with Gasteiger partial charge in [0.1, 0.15) is 0 Å². The fraction of sp³-hybridized carbons (Fsp3) is 1.00. The third-order valence-electron chi connectivity index (χ3n) is 4.28. The highest BCUT2D eigenvalue weighted by molar-refractivity contribution is 4.86. The van der Waals surface area contributed by atoms with Gasteiger partial charge < -0.3 is 15.3 Å². The van der Waals surface area contributed by atoms with Crippen LogP contribution < -0.4 is 5.32 Å². The summed E-state index contributed by atoms with van der Waals surface area (Å²) in [5, 5.41) is 12.9. The van der Waals surface area contributed by atoms with Gasteiger partial charge in [-0.25, -0.2) is 0 Å². The number of hydrogen-bond acceptors (Lipinski definition) is 3. The molecular formula is C14H28N2O. The molecule has 0 aromatic heterocycles. The lowest BCUT2D eigenvalue weighted by Gasteiger charge is -2.37. The molecule has 0 amide bonds. The Morgan fingerprint density at radius 3 is 2.65 bits per heavy atom. The van der Waals surface area contributed by atoms with E-state index in [1.807, 2.05) is 0 Å². The van der Waals surface area contributed by atoms with Gasteiger partial charge in [-0.05, 0) is 51.5 Å². The second kappa shape index (κ2) is 6.17. The van der Waals surface area contributed by atoms with E-state index in [4.69, 9.17) is 0 Å². The molecule has 0 aromatic carbocycles.